The standard InChI is InChI=1S/C15H31N3O3Si/c1-9-20-14(19)13(12(17-18-16)10-11(2)3)21-22(7,8)15(4,5)6/h11-13H,9-10H2,1-8H3/t12-,13-/m1/s1. The van der Waals surface area contributed by atoms with Gasteiger partial charge in [0.15, 0.2) is 14.4 Å². The van der Waals surface area contributed by atoms with Crippen LogP contribution >= 0.6 is 0 Å². The third kappa shape index (κ3) is 6.38. The minimum Gasteiger partial charge on any atom is -0.464 e. The van der Waals surface area contributed by atoms with E-state index in [1.807, 2.05) is 13.8 Å². The van der Waals surface area contributed by atoms with E-state index in [9.17, 15) is 4.79 Å². The van der Waals surface area contributed by atoms with Gasteiger partial charge in [0.25, 0.3) is 0 Å². The van der Waals surface area contributed by atoms with Gasteiger partial charge in [0.2, 0.25) is 0 Å². The van der Waals surface area contributed by atoms with Crippen LogP contribution in [0.4, 0.5) is 0 Å². The zero-order chi connectivity index (χ0) is 17.6. The van der Waals surface area contributed by atoms with Gasteiger partial charge in [0.05, 0.1) is 12.6 Å². The molecule has 0 spiro atoms. The first kappa shape index (κ1) is 21.0. The van der Waals surface area contributed by atoms with Crippen LogP contribution in [0.1, 0.15) is 48.0 Å². The molecule has 0 saturated heterocycles. The summed E-state index contributed by atoms with van der Waals surface area (Å²) in [5.74, 6) is -0.152. The van der Waals surface area contributed by atoms with Gasteiger partial charge in [-0.15, -0.1) is 0 Å². The number of hydrogen-bond donors (Lipinski definition) is 0. The number of esters is 1. The van der Waals surface area contributed by atoms with Crippen molar-refractivity contribution in [2.45, 2.75) is 78.2 Å². The lowest BCUT2D eigenvalue weighted by Gasteiger charge is -2.40. The van der Waals surface area contributed by atoms with E-state index >= 15 is 0 Å². The van der Waals surface area contributed by atoms with Crippen LogP contribution in [0.25, 0.3) is 10.4 Å². The number of nitrogens with zero attached hydrogens (tertiary/aromatic N) is 3. The Kier molecular flexibility index (Phi) is 8.15. The molecule has 0 unspecified atom stereocenters. The van der Waals surface area contributed by atoms with Crippen LogP contribution in [-0.4, -0.2) is 33.0 Å². The van der Waals surface area contributed by atoms with Crippen molar-refractivity contribution in [3.8, 4) is 0 Å². The largest absolute Gasteiger partial charge is 0.464 e. The minimum atomic E-state index is -2.19. The van der Waals surface area contributed by atoms with Gasteiger partial charge in [-0.2, -0.15) is 0 Å². The van der Waals surface area contributed by atoms with Gasteiger partial charge in [0.1, 0.15) is 0 Å². The average Bonchev–Trinajstić information content (AvgIpc) is 2.33. The molecule has 0 aromatic heterocycles. The molecule has 0 amide bonds. The van der Waals surface area contributed by atoms with Crippen molar-refractivity contribution in [3.63, 3.8) is 0 Å². The van der Waals surface area contributed by atoms with Crippen molar-refractivity contribution in [1.82, 2.24) is 0 Å². The minimum absolute atomic E-state index is 0.0452. The molecule has 6 nitrogen and oxygen atoms in total. The van der Waals surface area contributed by atoms with E-state index in [-0.39, 0.29) is 17.6 Å². The Hall–Kier alpha value is -1.04. The van der Waals surface area contributed by atoms with Crippen LogP contribution in [0.15, 0.2) is 5.11 Å². The summed E-state index contributed by atoms with van der Waals surface area (Å²) >= 11 is 0. The summed E-state index contributed by atoms with van der Waals surface area (Å²) in [5, 5.41) is 3.77. The molecule has 0 heterocycles. The van der Waals surface area contributed by atoms with Crippen LogP contribution in [0.2, 0.25) is 18.1 Å². The Labute approximate surface area is 135 Å². The van der Waals surface area contributed by atoms with Crippen LogP contribution in [-0.2, 0) is 14.0 Å². The maximum atomic E-state index is 12.3. The molecular weight excluding hydrogens is 298 g/mol. The number of hydrogen-bond acceptors (Lipinski definition) is 4. The first-order valence-corrected chi connectivity index (χ1v) is 10.8. The maximum absolute atomic E-state index is 12.3. The molecule has 0 aliphatic rings. The summed E-state index contributed by atoms with van der Waals surface area (Å²) < 4.78 is 11.4. The summed E-state index contributed by atoms with van der Waals surface area (Å²) in [4.78, 5) is 15.2. The SMILES string of the molecule is CCOC(=O)[C@H](O[Si](C)(C)C(C)(C)C)[C@@H](CC(C)C)N=[N+]=[N-]. The smallest absolute Gasteiger partial charge is 0.334 e. The number of azide groups is 1. The maximum Gasteiger partial charge on any atom is 0.334 e. The number of rotatable bonds is 8. The molecule has 0 N–H and O–H groups in total. The second-order valence-electron chi connectivity index (χ2n) is 7.45. The molecule has 0 aliphatic carbocycles. The van der Waals surface area contributed by atoms with Crippen molar-refractivity contribution >= 4 is 14.3 Å². The Morgan fingerprint density at radius 3 is 2.23 bits per heavy atom. The number of carbonyl (C=O) groups is 1. The third-order valence-electron chi connectivity index (χ3n) is 4.01. The summed E-state index contributed by atoms with van der Waals surface area (Å²) in [6.07, 6.45) is -0.249. The quantitative estimate of drug-likeness (QED) is 0.213. The van der Waals surface area contributed by atoms with Gasteiger partial charge in [0, 0.05) is 4.91 Å². The van der Waals surface area contributed by atoms with Crippen molar-refractivity contribution in [2.75, 3.05) is 6.61 Å². The first-order chi connectivity index (χ1) is 9.96. The molecule has 0 saturated carbocycles. The Balaban J connectivity index is 5.51. The molecule has 0 fully saturated rings. The zero-order valence-electron chi connectivity index (χ0n) is 15.2. The highest BCUT2D eigenvalue weighted by Gasteiger charge is 2.43. The topological polar surface area (TPSA) is 84.3 Å². The monoisotopic (exact) mass is 329 g/mol. The average molecular weight is 330 g/mol. The molecule has 0 radical (unpaired) electrons. The Morgan fingerprint density at radius 2 is 1.86 bits per heavy atom. The van der Waals surface area contributed by atoms with Gasteiger partial charge in [-0.05, 0) is 42.9 Å². The second-order valence-corrected chi connectivity index (χ2v) is 12.2. The highest BCUT2D eigenvalue weighted by atomic mass is 28.4. The molecule has 7 heteroatoms. The fraction of sp³-hybridized carbons (Fsp3) is 0.933. The predicted molar refractivity (Wildman–Crippen MR) is 91.1 cm³/mol. The van der Waals surface area contributed by atoms with Crippen molar-refractivity contribution < 1.29 is 14.0 Å². The molecule has 0 aromatic rings. The van der Waals surface area contributed by atoms with E-state index in [2.05, 4.69) is 43.9 Å². The van der Waals surface area contributed by atoms with E-state index < -0.39 is 26.4 Å². The van der Waals surface area contributed by atoms with Gasteiger partial charge >= 0.3 is 5.97 Å². The Bertz CT molecular complexity index is 413. The number of carbonyl (C=O) groups excluding carboxylic acids is 1. The van der Waals surface area contributed by atoms with Crippen LogP contribution in [0, 0.1) is 5.92 Å². The molecule has 0 aromatic carbocycles. The lowest BCUT2D eigenvalue weighted by molar-refractivity contribution is -0.153. The van der Waals surface area contributed by atoms with E-state index in [0.717, 1.165) is 0 Å². The molecule has 0 rings (SSSR count). The van der Waals surface area contributed by atoms with E-state index in [1.165, 1.54) is 0 Å². The van der Waals surface area contributed by atoms with E-state index in [4.69, 9.17) is 14.7 Å². The lowest BCUT2D eigenvalue weighted by atomic mass is 10.00. The van der Waals surface area contributed by atoms with Crippen LogP contribution in [0.5, 0.6) is 0 Å². The highest BCUT2D eigenvalue weighted by molar-refractivity contribution is 6.74. The van der Waals surface area contributed by atoms with Crippen LogP contribution in [0.3, 0.4) is 0 Å². The summed E-state index contributed by atoms with van der Waals surface area (Å²) in [7, 11) is -2.19. The molecule has 2 atom stereocenters. The fourth-order valence-corrected chi connectivity index (χ4v) is 3.02. The predicted octanol–water partition coefficient (Wildman–Crippen LogP) is 4.66. The summed E-state index contributed by atoms with van der Waals surface area (Å²) in [5.41, 5.74) is 8.83. The number of ether oxygens (including phenoxy) is 1. The van der Waals surface area contributed by atoms with Gasteiger partial charge in [-0.25, -0.2) is 4.79 Å². The molecule has 128 valence electrons. The molecule has 22 heavy (non-hydrogen) atoms. The van der Waals surface area contributed by atoms with Crippen LogP contribution < -0.4 is 0 Å². The van der Waals surface area contributed by atoms with Gasteiger partial charge < -0.3 is 9.16 Å². The summed E-state index contributed by atoms with van der Waals surface area (Å²) in [6.45, 7) is 16.5. The van der Waals surface area contributed by atoms with Crippen molar-refractivity contribution in [1.29, 1.82) is 0 Å². The molecule has 0 bridgehead atoms. The fourth-order valence-electron chi connectivity index (χ4n) is 1.78. The van der Waals surface area contributed by atoms with Crippen molar-refractivity contribution in [2.24, 2.45) is 11.0 Å². The summed E-state index contributed by atoms with van der Waals surface area (Å²) in [6, 6.07) is -0.543. The molecular formula is C15H31N3O3Si. The highest BCUT2D eigenvalue weighted by Crippen LogP contribution is 2.38. The second kappa shape index (κ2) is 8.55. The third-order valence-corrected chi connectivity index (χ3v) is 8.46. The van der Waals surface area contributed by atoms with E-state index in [0.29, 0.717) is 6.42 Å². The van der Waals surface area contributed by atoms with Gasteiger partial charge in [-0.1, -0.05) is 39.7 Å². The Morgan fingerprint density at radius 1 is 1.32 bits per heavy atom. The van der Waals surface area contributed by atoms with E-state index in [1.54, 1.807) is 6.92 Å². The normalized spacial score (nSPS) is 15.1. The van der Waals surface area contributed by atoms with Gasteiger partial charge in [-0.3, -0.25) is 0 Å². The zero-order valence-corrected chi connectivity index (χ0v) is 16.2. The lowest BCUT2D eigenvalue weighted by Crippen LogP contribution is -2.50. The molecule has 0 aliphatic heterocycles. The first-order valence-electron chi connectivity index (χ1n) is 7.85. The van der Waals surface area contributed by atoms with Crippen molar-refractivity contribution in [3.05, 3.63) is 10.4 Å².